The molecule has 4 rings (SSSR count). The van der Waals surface area contributed by atoms with Crippen LogP contribution < -0.4 is 19.1 Å². The lowest BCUT2D eigenvalue weighted by atomic mass is 10.0. The summed E-state index contributed by atoms with van der Waals surface area (Å²) in [7, 11) is -1.34. The molecule has 9 nitrogen and oxygen atoms in total. The van der Waals surface area contributed by atoms with Gasteiger partial charge in [0.2, 0.25) is 11.8 Å². The zero-order valence-corrected chi connectivity index (χ0v) is 29.3. The van der Waals surface area contributed by atoms with Crippen molar-refractivity contribution in [2.24, 2.45) is 0 Å². The normalized spacial score (nSPS) is 11.8. The van der Waals surface area contributed by atoms with Crippen LogP contribution in [0.3, 0.4) is 0 Å². The first-order chi connectivity index (χ1) is 23.1. The number of nitrogens with zero attached hydrogens (tertiary/aromatic N) is 2. The fraction of sp³-hybridized carbons (Fsp3) is 0.297. The summed E-state index contributed by atoms with van der Waals surface area (Å²) in [6.45, 7) is 3.79. The van der Waals surface area contributed by atoms with Crippen molar-refractivity contribution in [2.45, 2.75) is 50.6 Å². The minimum absolute atomic E-state index is 0.0121. The van der Waals surface area contributed by atoms with Crippen LogP contribution in [-0.2, 0) is 32.6 Å². The van der Waals surface area contributed by atoms with Gasteiger partial charge < -0.3 is 19.7 Å². The summed E-state index contributed by atoms with van der Waals surface area (Å²) in [5, 5.41) is 3.52. The van der Waals surface area contributed by atoms with Crippen molar-refractivity contribution in [2.75, 3.05) is 31.6 Å². The van der Waals surface area contributed by atoms with E-state index in [4.69, 9.17) is 21.1 Å². The maximum Gasteiger partial charge on any atom is 0.264 e. The second-order valence-corrected chi connectivity index (χ2v) is 13.7. The maximum absolute atomic E-state index is 14.6. The van der Waals surface area contributed by atoms with Crippen molar-refractivity contribution in [1.29, 1.82) is 0 Å². The zero-order chi connectivity index (χ0) is 34.7. The molecule has 48 heavy (non-hydrogen) atoms. The summed E-state index contributed by atoms with van der Waals surface area (Å²) < 4.78 is 40.5. The second-order valence-electron chi connectivity index (χ2n) is 11.4. The maximum atomic E-state index is 14.6. The van der Waals surface area contributed by atoms with Crippen LogP contribution in [0.2, 0.25) is 5.02 Å². The quantitative estimate of drug-likeness (QED) is 0.136. The van der Waals surface area contributed by atoms with Crippen LogP contribution in [-0.4, -0.2) is 58.5 Å². The number of carbonyl (C=O) groups excluding carboxylic acids is 2. The molecule has 0 fully saturated rings. The molecular formula is C37H42ClN3O6S. The minimum Gasteiger partial charge on any atom is -0.493 e. The van der Waals surface area contributed by atoms with E-state index in [-0.39, 0.29) is 29.5 Å². The van der Waals surface area contributed by atoms with E-state index < -0.39 is 28.5 Å². The van der Waals surface area contributed by atoms with Crippen LogP contribution in [0.1, 0.15) is 36.5 Å². The molecule has 0 saturated carbocycles. The molecule has 11 heteroatoms. The molecule has 0 unspecified atom stereocenters. The molecule has 1 atom stereocenters. The number of carbonyl (C=O) groups is 2. The topological polar surface area (TPSA) is 105 Å². The lowest BCUT2D eigenvalue weighted by molar-refractivity contribution is -0.140. The number of aryl methyl sites for hydroxylation is 1. The second kappa shape index (κ2) is 17.0. The average Bonchev–Trinajstić information content (AvgIpc) is 3.09. The van der Waals surface area contributed by atoms with E-state index in [1.54, 1.807) is 48.5 Å². The molecule has 254 valence electrons. The number of benzene rings is 4. The lowest BCUT2D eigenvalue weighted by Gasteiger charge is -2.34. The first-order valence-electron chi connectivity index (χ1n) is 15.7. The SMILES string of the molecule is CCCCNC(=O)[C@H](Cc1ccccc1)N(Cc1ccc(Cl)cc1)C(=O)CN(c1ccc(OC)c(OC)c1)S(=O)(=O)c1ccc(C)cc1. The van der Waals surface area contributed by atoms with Gasteiger partial charge in [-0.1, -0.05) is 85.1 Å². The summed E-state index contributed by atoms with van der Waals surface area (Å²) in [5.41, 5.74) is 2.66. The number of anilines is 1. The van der Waals surface area contributed by atoms with Crippen molar-refractivity contribution in [3.8, 4) is 11.5 Å². The first kappa shape index (κ1) is 36.3. The number of amides is 2. The number of nitrogens with one attached hydrogen (secondary N) is 1. The van der Waals surface area contributed by atoms with Gasteiger partial charge in [-0.2, -0.15) is 0 Å². The van der Waals surface area contributed by atoms with Gasteiger partial charge in [0.1, 0.15) is 12.6 Å². The third-order valence-corrected chi connectivity index (χ3v) is 9.95. The molecule has 0 radical (unpaired) electrons. The predicted molar refractivity (Wildman–Crippen MR) is 189 cm³/mol. The Labute approximate surface area is 288 Å². The Balaban J connectivity index is 1.82. The molecule has 0 aliphatic heterocycles. The molecule has 0 aliphatic carbocycles. The summed E-state index contributed by atoms with van der Waals surface area (Å²) in [6, 6.07) is 26.6. The number of halogens is 1. The summed E-state index contributed by atoms with van der Waals surface area (Å²) >= 11 is 6.17. The van der Waals surface area contributed by atoms with Gasteiger partial charge in [0.15, 0.2) is 11.5 Å². The van der Waals surface area contributed by atoms with E-state index in [0.717, 1.165) is 33.8 Å². The Hall–Kier alpha value is -4.54. The van der Waals surface area contributed by atoms with E-state index in [9.17, 15) is 18.0 Å². The third-order valence-electron chi connectivity index (χ3n) is 7.91. The van der Waals surface area contributed by atoms with Gasteiger partial charge >= 0.3 is 0 Å². The van der Waals surface area contributed by atoms with Crippen molar-refractivity contribution < 1.29 is 27.5 Å². The van der Waals surface area contributed by atoms with Crippen LogP contribution in [0.4, 0.5) is 5.69 Å². The van der Waals surface area contributed by atoms with Gasteiger partial charge in [-0.05, 0) is 60.9 Å². The van der Waals surface area contributed by atoms with Crippen molar-refractivity contribution in [3.63, 3.8) is 0 Å². The smallest absolute Gasteiger partial charge is 0.264 e. The highest BCUT2D eigenvalue weighted by atomic mass is 35.5. The summed E-state index contributed by atoms with van der Waals surface area (Å²) in [6.07, 6.45) is 1.88. The van der Waals surface area contributed by atoms with Gasteiger partial charge in [-0.3, -0.25) is 13.9 Å². The Bertz CT molecular complexity index is 1770. The van der Waals surface area contributed by atoms with Gasteiger partial charge in [-0.25, -0.2) is 8.42 Å². The molecule has 0 spiro atoms. The molecule has 4 aromatic carbocycles. The largest absolute Gasteiger partial charge is 0.493 e. The number of ether oxygens (including phenoxy) is 2. The van der Waals surface area contributed by atoms with E-state index >= 15 is 0 Å². The zero-order valence-electron chi connectivity index (χ0n) is 27.7. The highest BCUT2D eigenvalue weighted by Gasteiger charge is 2.35. The average molecular weight is 692 g/mol. The lowest BCUT2D eigenvalue weighted by Crippen LogP contribution is -2.53. The van der Waals surface area contributed by atoms with Crippen LogP contribution in [0.5, 0.6) is 11.5 Å². The molecule has 0 aromatic heterocycles. The predicted octanol–water partition coefficient (Wildman–Crippen LogP) is 6.42. The molecule has 4 aromatic rings. The van der Waals surface area contributed by atoms with Crippen LogP contribution in [0, 0.1) is 6.92 Å². The highest BCUT2D eigenvalue weighted by molar-refractivity contribution is 7.92. The number of sulfonamides is 1. The van der Waals surface area contributed by atoms with Gasteiger partial charge in [0.25, 0.3) is 10.0 Å². The molecule has 1 N–H and O–H groups in total. The number of rotatable bonds is 16. The Morgan fingerprint density at radius 1 is 0.854 bits per heavy atom. The monoisotopic (exact) mass is 691 g/mol. The minimum atomic E-state index is -4.27. The number of unbranched alkanes of at least 4 members (excludes halogenated alkanes) is 1. The van der Waals surface area contributed by atoms with Crippen molar-refractivity contribution in [1.82, 2.24) is 10.2 Å². The van der Waals surface area contributed by atoms with E-state index in [1.165, 1.54) is 37.3 Å². The fourth-order valence-electron chi connectivity index (χ4n) is 5.19. The molecular weight excluding hydrogens is 650 g/mol. The fourth-order valence-corrected chi connectivity index (χ4v) is 6.72. The molecule has 0 saturated heterocycles. The van der Waals surface area contributed by atoms with Crippen molar-refractivity contribution in [3.05, 3.63) is 119 Å². The standard InChI is InChI=1S/C37H42ClN3O6S/c1-5-6-22-39-37(43)33(23-28-10-8-7-9-11-28)40(25-29-14-16-30(38)17-15-29)36(42)26-41(31-18-21-34(46-3)35(24-31)47-4)48(44,45)32-19-12-27(2)13-20-32/h7-21,24,33H,5-6,22-23,25-26H2,1-4H3,(H,39,43)/t33-/m0/s1. The van der Waals surface area contributed by atoms with E-state index in [2.05, 4.69) is 5.32 Å². The molecule has 2 amide bonds. The van der Waals surface area contributed by atoms with Crippen LogP contribution >= 0.6 is 11.6 Å². The molecule has 0 aliphatic rings. The number of hydrogen-bond acceptors (Lipinski definition) is 6. The Morgan fingerprint density at radius 3 is 2.15 bits per heavy atom. The van der Waals surface area contributed by atoms with Gasteiger partial charge in [0.05, 0.1) is 24.8 Å². The van der Waals surface area contributed by atoms with Crippen LogP contribution in [0.25, 0.3) is 0 Å². The third kappa shape index (κ3) is 9.29. The van der Waals surface area contributed by atoms with Gasteiger partial charge in [0, 0.05) is 30.6 Å². The van der Waals surface area contributed by atoms with Crippen LogP contribution in [0.15, 0.2) is 102 Å². The number of hydrogen-bond donors (Lipinski definition) is 1. The highest BCUT2D eigenvalue weighted by Crippen LogP contribution is 2.34. The van der Waals surface area contributed by atoms with E-state index in [1.807, 2.05) is 44.2 Å². The van der Waals surface area contributed by atoms with Crippen molar-refractivity contribution >= 4 is 39.1 Å². The Morgan fingerprint density at radius 2 is 1.52 bits per heavy atom. The van der Waals surface area contributed by atoms with E-state index in [0.29, 0.717) is 23.1 Å². The first-order valence-corrected chi connectivity index (χ1v) is 17.6. The molecule has 0 bridgehead atoms. The summed E-state index contributed by atoms with van der Waals surface area (Å²) in [5.74, 6) is -0.200. The summed E-state index contributed by atoms with van der Waals surface area (Å²) in [4.78, 5) is 30.0. The number of methoxy groups -OCH3 is 2. The van der Waals surface area contributed by atoms with Gasteiger partial charge in [-0.15, -0.1) is 0 Å². The molecule has 0 heterocycles. The Kier molecular flexibility index (Phi) is 12.9.